The van der Waals surface area contributed by atoms with Gasteiger partial charge in [-0.15, -0.1) is 0 Å². The Bertz CT molecular complexity index is 15.1. The molecule has 8 heavy (non-hydrogen) atoms. The average molecular weight is 90.0 g/mol. The van der Waals surface area contributed by atoms with Gasteiger partial charge in [-0.3, -0.25) is 0 Å². The Balaban J connectivity index is -0.0000000267. The van der Waals surface area contributed by atoms with Crippen LogP contribution in [-0.4, -0.2) is 0 Å². The van der Waals surface area contributed by atoms with Crippen molar-refractivity contribution < 1.29 is 56.6 Å². The first-order chi connectivity index (χ1) is 2.41. The first kappa shape index (κ1) is 22.6. The summed E-state index contributed by atoms with van der Waals surface area (Å²) in [6.07, 6.45) is 3.84. The molecule has 32 valence electrons. The van der Waals surface area contributed by atoms with Gasteiger partial charge in [0.05, 0.1) is 0 Å². The Morgan fingerprint density at radius 3 is 1.12 bits per heavy atom. The molecular formula is C5H9Li3. The van der Waals surface area contributed by atoms with E-state index in [1.807, 2.05) is 6.42 Å². The average Bonchev–Trinajstić information content (AvgIpc) is 1.41. The van der Waals surface area contributed by atoms with Crippen LogP contribution in [-0.2, 0) is 0 Å². The van der Waals surface area contributed by atoms with Crippen LogP contribution in [0.4, 0.5) is 0 Å². The molecular weight excluding hydrogens is 80.9 g/mol. The molecule has 0 N–H and O–H groups in total. The Morgan fingerprint density at radius 1 is 0.875 bits per heavy atom. The van der Waals surface area contributed by atoms with Crippen molar-refractivity contribution in [2.45, 2.75) is 12.8 Å². The molecule has 0 atom stereocenters. The van der Waals surface area contributed by atoms with Crippen LogP contribution in [0.2, 0.25) is 0 Å². The predicted octanol–water partition coefficient (Wildman–Crippen LogP) is -7.35. The van der Waals surface area contributed by atoms with E-state index < -0.39 is 0 Å². The molecule has 0 rings (SSSR count). The molecule has 0 unspecified atom stereocenters. The zero-order valence-electron chi connectivity index (χ0n) is 6.41. The summed E-state index contributed by atoms with van der Waals surface area (Å²) in [6.45, 7) is 7.16. The van der Waals surface area contributed by atoms with Crippen molar-refractivity contribution in [1.29, 1.82) is 0 Å². The fourth-order valence-corrected chi connectivity index (χ4v) is 0.144. The molecule has 0 aliphatic carbocycles. The summed E-state index contributed by atoms with van der Waals surface area (Å²) in [5.74, 6) is 0. The summed E-state index contributed by atoms with van der Waals surface area (Å²) in [4.78, 5) is 0. The fraction of sp³-hybridized carbons (Fsp3) is 0.400. The minimum atomic E-state index is 0. The van der Waals surface area contributed by atoms with Crippen LogP contribution in [0.15, 0.2) is 0 Å². The van der Waals surface area contributed by atoms with Crippen LogP contribution >= 0.6 is 0 Å². The fourth-order valence-electron chi connectivity index (χ4n) is 0.144. The van der Waals surface area contributed by atoms with Gasteiger partial charge in [0.2, 0.25) is 0 Å². The van der Waals surface area contributed by atoms with Crippen molar-refractivity contribution in [2.24, 2.45) is 0 Å². The van der Waals surface area contributed by atoms with E-state index in [2.05, 4.69) is 13.8 Å². The van der Waals surface area contributed by atoms with Crippen LogP contribution < -0.4 is 56.6 Å². The third-order valence-electron chi connectivity index (χ3n) is 0.408. The molecule has 0 spiro atoms. The normalized spacial score (nSPS) is 5.25. The number of hydrogen-bond donors (Lipinski definition) is 0. The van der Waals surface area contributed by atoms with Crippen LogP contribution in [0.1, 0.15) is 12.8 Å². The van der Waals surface area contributed by atoms with Gasteiger partial charge >= 0.3 is 56.6 Å². The van der Waals surface area contributed by atoms with Crippen LogP contribution in [0.5, 0.6) is 0 Å². The van der Waals surface area contributed by atoms with E-state index in [-0.39, 0.29) is 56.6 Å². The van der Waals surface area contributed by atoms with Gasteiger partial charge in [-0.25, -0.2) is 0 Å². The van der Waals surface area contributed by atoms with Crippen molar-refractivity contribution in [2.75, 3.05) is 0 Å². The molecule has 0 aliphatic heterocycles. The SMILES string of the molecule is [CH2-]C[CH-]C[CH2-].[Li+].[Li+].[Li+]. The molecule has 0 aliphatic rings. The van der Waals surface area contributed by atoms with Crippen LogP contribution in [0.25, 0.3) is 0 Å². The number of unbranched alkanes of at least 4 members (excludes halogenated alkanes) is 2. The Morgan fingerprint density at radius 2 is 1.12 bits per heavy atom. The Kier molecular flexibility index (Phi) is 65.6. The molecule has 0 bridgehead atoms. The van der Waals surface area contributed by atoms with Gasteiger partial charge in [0.1, 0.15) is 0 Å². The minimum absolute atomic E-state index is 0. The summed E-state index contributed by atoms with van der Waals surface area (Å²) in [5, 5.41) is 0. The van der Waals surface area contributed by atoms with Gasteiger partial charge in [0.25, 0.3) is 0 Å². The summed E-state index contributed by atoms with van der Waals surface area (Å²) >= 11 is 0. The minimum Gasteiger partial charge on any atom is -0.387 e. The van der Waals surface area contributed by atoms with Gasteiger partial charge in [0, 0.05) is 0 Å². The molecule has 0 amide bonds. The van der Waals surface area contributed by atoms with Crippen LogP contribution in [0, 0.1) is 20.3 Å². The second-order valence-corrected chi connectivity index (χ2v) is 0.866. The molecule has 0 aromatic heterocycles. The zero-order valence-corrected chi connectivity index (χ0v) is 6.41. The molecule has 0 radical (unpaired) electrons. The van der Waals surface area contributed by atoms with E-state index in [4.69, 9.17) is 0 Å². The molecule has 0 nitrogen and oxygen atoms in total. The van der Waals surface area contributed by atoms with Gasteiger partial charge in [-0.05, 0) is 0 Å². The van der Waals surface area contributed by atoms with E-state index >= 15 is 0 Å². The molecule has 0 aromatic carbocycles. The maximum Gasteiger partial charge on any atom is 1.00 e. The van der Waals surface area contributed by atoms with E-state index in [0.717, 1.165) is 12.8 Å². The smallest absolute Gasteiger partial charge is 0.387 e. The second-order valence-electron chi connectivity index (χ2n) is 0.866. The molecule has 0 aromatic rings. The number of hydrogen-bond acceptors (Lipinski definition) is 0. The zero-order chi connectivity index (χ0) is 4.12. The van der Waals surface area contributed by atoms with Gasteiger partial charge in [-0.1, -0.05) is 0 Å². The van der Waals surface area contributed by atoms with Crippen molar-refractivity contribution in [3.8, 4) is 0 Å². The number of rotatable bonds is 2. The summed E-state index contributed by atoms with van der Waals surface area (Å²) in [6, 6.07) is 0. The molecule has 0 saturated carbocycles. The van der Waals surface area contributed by atoms with Crippen molar-refractivity contribution in [3.63, 3.8) is 0 Å². The third kappa shape index (κ3) is 25.0. The first-order valence-corrected chi connectivity index (χ1v) is 1.82. The Hall–Kier alpha value is 1.79. The summed E-state index contributed by atoms with van der Waals surface area (Å²) in [5.41, 5.74) is 0. The molecule has 3 heteroatoms. The molecule has 0 heterocycles. The van der Waals surface area contributed by atoms with E-state index in [1.165, 1.54) is 0 Å². The molecule has 0 fully saturated rings. The maximum atomic E-state index is 3.58. The van der Waals surface area contributed by atoms with E-state index in [9.17, 15) is 0 Å². The van der Waals surface area contributed by atoms with Crippen molar-refractivity contribution >= 4 is 0 Å². The van der Waals surface area contributed by atoms with Gasteiger partial charge < -0.3 is 33.1 Å². The van der Waals surface area contributed by atoms with E-state index in [1.54, 1.807) is 0 Å². The summed E-state index contributed by atoms with van der Waals surface area (Å²) < 4.78 is 0. The van der Waals surface area contributed by atoms with Gasteiger partial charge in [0.15, 0.2) is 0 Å². The predicted molar refractivity (Wildman–Crippen MR) is 24.2 cm³/mol. The first-order valence-electron chi connectivity index (χ1n) is 1.82. The van der Waals surface area contributed by atoms with Crippen molar-refractivity contribution in [1.82, 2.24) is 0 Å². The maximum absolute atomic E-state index is 3.58. The monoisotopic (exact) mass is 90.1 g/mol. The van der Waals surface area contributed by atoms with Gasteiger partial charge in [-0.2, -0.15) is 0 Å². The molecule has 0 saturated heterocycles. The third-order valence-corrected chi connectivity index (χ3v) is 0.408. The van der Waals surface area contributed by atoms with Crippen LogP contribution in [0.3, 0.4) is 0 Å². The quantitative estimate of drug-likeness (QED) is 0.233. The van der Waals surface area contributed by atoms with E-state index in [0.29, 0.717) is 0 Å². The summed E-state index contributed by atoms with van der Waals surface area (Å²) in [7, 11) is 0. The van der Waals surface area contributed by atoms with Crippen molar-refractivity contribution in [3.05, 3.63) is 20.3 Å². The topological polar surface area (TPSA) is 0 Å². The largest absolute Gasteiger partial charge is 1.00 e. The standard InChI is InChI=1S/C5H9.3Li/c1-3-5-4-2;;;/h5H,1-4H2;;;/q-3;3*+1. The second kappa shape index (κ2) is 23.2. The Labute approximate surface area is 89.1 Å².